The second-order valence-corrected chi connectivity index (χ2v) is 0.760. The molecule has 0 rings (SSSR count). The number of hydrogen-bond donors (Lipinski definition) is 1. The van der Waals surface area contributed by atoms with Crippen LogP contribution in [0.3, 0.4) is 0 Å². The highest BCUT2D eigenvalue weighted by atomic mass is 16.5. The summed E-state index contributed by atoms with van der Waals surface area (Å²) in [6.45, 7) is 0. The van der Waals surface area contributed by atoms with Gasteiger partial charge in [-0.25, -0.2) is 0 Å². The van der Waals surface area contributed by atoms with Crippen LogP contribution in [0.25, 0.3) is 0 Å². The van der Waals surface area contributed by atoms with Crippen molar-refractivity contribution in [2.45, 2.75) is 0 Å². The molecule has 0 aliphatic carbocycles. The standard InChI is InChI=1S/C2H6BNO/c1-5-2(3)4/h4H,3H2,1H3. The van der Waals surface area contributed by atoms with Gasteiger partial charge in [0, 0.05) is 0 Å². The molecule has 0 atom stereocenters. The first kappa shape index (κ1) is 4.53. The maximum atomic E-state index is 6.52. The van der Waals surface area contributed by atoms with Gasteiger partial charge in [0.1, 0.15) is 5.80 Å². The Kier molecular flexibility index (Phi) is 1.65. The fourth-order valence-corrected chi connectivity index (χ4v) is 0. The third-order valence-electron chi connectivity index (χ3n) is 0.306. The summed E-state index contributed by atoms with van der Waals surface area (Å²) in [6, 6.07) is 0. The zero-order chi connectivity index (χ0) is 4.28. The Labute approximate surface area is 32.1 Å². The molecule has 0 aromatic heterocycles. The lowest BCUT2D eigenvalue weighted by Gasteiger charge is -1.86. The molecule has 0 aromatic rings. The number of nitrogens with one attached hydrogen (secondary N) is 1. The monoisotopic (exact) mass is 71.1 g/mol. The Morgan fingerprint density at radius 2 is 2.20 bits per heavy atom. The molecule has 0 unspecified atom stereocenters. The molecule has 28 valence electrons. The van der Waals surface area contributed by atoms with Crippen LogP contribution in [0.15, 0.2) is 0 Å². The van der Waals surface area contributed by atoms with Crippen LogP contribution < -0.4 is 0 Å². The van der Waals surface area contributed by atoms with E-state index in [0.29, 0.717) is 0 Å². The van der Waals surface area contributed by atoms with Crippen LogP contribution in [0.5, 0.6) is 0 Å². The average molecular weight is 70.9 g/mol. The van der Waals surface area contributed by atoms with E-state index >= 15 is 0 Å². The van der Waals surface area contributed by atoms with E-state index in [0.717, 1.165) is 0 Å². The van der Waals surface area contributed by atoms with Gasteiger partial charge in [0.25, 0.3) is 0 Å². The van der Waals surface area contributed by atoms with E-state index in [1.807, 2.05) is 0 Å². The van der Waals surface area contributed by atoms with Crippen molar-refractivity contribution in [3.05, 3.63) is 0 Å². The highest BCUT2D eigenvalue weighted by molar-refractivity contribution is 6.55. The van der Waals surface area contributed by atoms with Crippen LogP contribution in [0.1, 0.15) is 0 Å². The molecule has 0 spiro atoms. The quantitative estimate of drug-likeness (QED) is 0.226. The molecule has 1 N–H and O–H groups in total. The second-order valence-electron chi connectivity index (χ2n) is 0.760. The topological polar surface area (TPSA) is 33.1 Å². The molecule has 0 aromatic carbocycles. The predicted molar refractivity (Wildman–Crippen MR) is 23.3 cm³/mol. The molecule has 0 fully saturated rings. The summed E-state index contributed by atoms with van der Waals surface area (Å²) >= 11 is 0. The fraction of sp³-hybridized carbons (Fsp3) is 0.500. The Morgan fingerprint density at radius 1 is 2.00 bits per heavy atom. The maximum absolute atomic E-state index is 6.52. The summed E-state index contributed by atoms with van der Waals surface area (Å²) in [5.74, 6) is 0.255. The summed E-state index contributed by atoms with van der Waals surface area (Å²) in [6.07, 6.45) is 0. The number of methoxy groups -OCH3 is 1. The van der Waals surface area contributed by atoms with Gasteiger partial charge in [0.05, 0.1) is 7.11 Å². The molecular weight excluding hydrogens is 64.8 g/mol. The van der Waals surface area contributed by atoms with Crippen molar-refractivity contribution >= 4 is 13.6 Å². The summed E-state index contributed by atoms with van der Waals surface area (Å²) in [7, 11) is 3.06. The largest absolute Gasteiger partial charge is 0.494 e. The second kappa shape index (κ2) is 1.82. The van der Waals surface area contributed by atoms with Crippen LogP contribution in [-0.4, -0.2) is 20.8 Å². The van der Waals surface area contributed by atoms with E-state index in [-0.39, 0.29) is 5.80 Å². The van der Waals surface area contributed by atoms with Crippen LogP contribution in [0.2, 0.25) is 0 Å². The van der Waals surface area contributed by atoms with Crippen molar-refractivity contribution < 1.29 is 4.74 Å². The van der Waals surface area contributed by atoms with E-state index < -0.39 is 0 Å². The smallest absolute Gasteiger partial charge is 0.210 e. The normalized spacial score (nSPS) is 6.60. The number of rotatable bonds is 0. The lowest BCUT2D eigenvalue weighted by molar-refractivity contribution is 0.411. The van der Waals surface area contributed by atoms with Gasteiger partial charge < -0.3 is 4.74 Å². The van der Waals surface area contributed by atoms with E-state index in [1.54, 1.807) is 7.85 Å². The van der Waals surface area contributed by atoms with E-state index in [4.69, 9.17) is 5.41 Å². The highest BCUT2D eigenvalue weighted by Crippen LogP contribution is 1.55. The summed E-state index contributed by atoms with van der Waals surface area (Å²) < 4.78 is 4.33. The maximum Gasteiger partial charge on any atom is 0.210 e. The Bertz CT molecular complexity index is 44.9. The van der Waals surface area contributed by atoms with Gasteiger partial charge in [-0.3, -0.25) is 5.41 Å². The molecule has 0 saturated carbocycles. The summed E-state index contributed by atoms with van der Waals surface area (Å²) in [5, 5.41) is 6.52. The number of hydrogen-bond acceptors (Lipinski definition) is 2. The highest BCUT2D eigenvalue weighted by Gasteiger charge is 1.69. The lowest BCUT2D eigenvalue weighted by atomic mass is 10.2. The van der Waals surface area contributed by atoms with Crippen molar-refractivity contribution in [3.8, 4) is 0 Å². The fourth-order valence-electron chi connectivity index (χ4n) is 0. The molecule has 0 radical (unpaired) electrons. The van der Waals surface area contributed by atoms with Crippen molar-refractivity contribution in [1.82, 2.24) is 0 Å². The first-order valence-electron chi connectivity index (χ1n) is 1.36. The van der Waals surface area contributed by atoms with Gasteiger partial charge in [-0.05, 0) is 0 Å². The van der Waals surface area contributed by atoms with Crippen molar-refractivity contribution in [2.75, 3.05) is 7.11 Å². The Morgan fingerprint density at radius 3 is 2.20 bits per heavy atom. The van der Waals surface area contributed by atoms with Gasteiger partial charge in [-0.1, -0.05) is 0 Å². The Balaban J connectivity index is 2.85. The van der Waals surface area contributed by atoms with Gasteiger partial charge in [-0.2, -0.15) is 0 Å². The number of ether oxygens (including phenoxy) is 1. The van der Waals surface area contributed by atoms with Gasteiger partial charge in [0.15, 0.2) is 0 Å². The first-order chi connectivity index (χ1) is 2.27. The molecule has 3 heteroatoms. The molecule has 0 amide bonds. The molecule has 0 saturated heterocycles. The van der Waals surface area contributed by atoms with E-state index in [9.17, 15) is 0 Å². The third-order valence-corrected chi connectivity index (χ3v) is 0.306. The zero-order valence-corrected chi connectivity index (χ0v) is 3.41. The van der Waals surface area contributed by atoms with Gasteiger partial charge in [-0.15, -0.1) is 0 Å². The van der Waals surface area contributed by atoms with E-state index in [1.165, 1.54) is 7.11 Å². The summed E-state index contributed by atoms with van der Waals surface area (Å²) in [4.78, 5) is 0. The SMILES string of the molecule is BC(=N)OC. The van der Waals surface area contributed by atoms with Crippen LogP contribution in [0, 0.1) is 5.41 Å². The first-order valence-corrected chi connectivity index (χ1v) is 1.36. The van der Waals surface area contributed by atoms with Crippen molar-refractivity contribution in [3.63, 3.8) is 0 Å². The Hall–Kier alpha value is -0.465. The minimum atomic E-state index is 0.255. The molecular formula is C2H6BNO. The zero-order valence-electron chi connectivity index (χ0n) is 3.41. The third kappa shape index (κ3) is 3.53. The molecule has 2 nitrogen and oxygen atoms in total. The minimum absolute atomic E-state index is 0.255. The van der Waals surface area contributed by atoms with Gasteiger partial charge in [0.2, 0.25) is 7.85 Å². The lowest BCUT2D eigenvalue weighted by Crippen LogP contribution is -1.94. The van der Waals surface area contributed by atoms with Crippen LogP contribution in [0.4, 0.5) is 0 Å². The van der Waals surface area contributed by atoms with Crippen molar-refractivity contribution in [2.24, 2.45) is 0 Å². The molecule has 0 heterocycles. The average Bonchev–Trinajstić information content (AvgIpc) is 1.38. The van der Waals surface area contributed by atoms with E-state index in [2.05, 4.69) is 4.74 Å². The van der Waals surface area contributed by atoms with Gasteiger partial charge >= 0.3 is 0 Å². The predicted octanol–water partition coefficient (Wildman–Crippen LogP) is -0.799. The molecule has 0 aliphatic rings. The molecule has 0 bridgehead atoms. The van der Waals surface area contributed by atoms with Crippen LogP contribution in [-0.2, 0) is 4.74 Å². The molecule has 5 heavy (non-hydrogen) atoms. The molecule has 0 aliphatic heterocycles. The van der Waals surface area contributed by atoms with Crippen molar-refractivity contribution in [1.29, 1.82) is 5.41 Å². The van der Waals surface area contributed by atoms with Crippen LogP contribution >= 0.6 is 0 Å². The minimum Gasteiger partial charge on any atom is -0.494 e. The summed E-state index contributed by atoms with van der Waals surface area (Å²) in [5.41, 5.74) is 0.